The molecule has 0 aromatic rings. The van der Waals surface area contributed by atoms with Crippen LogP contribution in [0.1, 0.15) is 336 Å². The maximum absolute atomic E-state index is 10.2. The number of rotatable bonds is 52. The van der Waals surface area contributed by atoms with Gasteiger partial charge in [-0.25, -0.2) is 0 Å². The molecule has 0 rings (SSSR count). The first-order valence-electron chi connectivity index (χ1n) is 30.5. The molecule has 8 nitrogen and oxygen atoms in total. The molecule has 9 heteroatoms. The Bertz CT molecular complexity index is 1030. The fourth-order valence-corrected chi connectivity index (χ4v) is 7.95. The zero-order valence-electron chi connectivity index (χ0n) is 48.2. The van der Waals surface area contributed by atoms with Crippen molar-refractivity contribution < 1.29 is 60.7 Å². The molecule has 0 atom stereocenters. The van der Waals surface area contributed by atoms with E-state index in [0.29, 0.717) is 0 Å². The van der Waals surface area contributed by atoms with Crippen molar-refractivity contribution in [2.75, 3.05) is 0 Å². The molecule has 0 spiro atoms. The van der Waals surface area contributed by atoms with Gasteiger partial charge in [-0.3, -0.25) is 0 Å². The summed E-state index contributed by atoms with van der Waals surface area (Å²) < 4.78 is 0. The number of carboxylic acids is 4. The van der Waals surface area contributed by atoms with Crippen molar-refractivity contribution in [1.29, 1.82) is 0 Å². The number of carboxylic acid groups (broad SMARTS) is 4. The Morgan fingerprint density at radius 2 is 0.342 bits per heavy atom. The zero-order valence-corrected chi connectivity index (χ0v) is 50.2. The summed E-state index contributed by atoms with van der Waals surface area (Å²) in [7, 11) is 0. The number of hydrogen-bond acceptors (Lipinski definition) is 8. The van der Waals surface area contributed by atoms with Gasteiger partial charge in [-0.2, -0.15) is 0 Å². The number of carbonyl (C=O) groups is 4. The molecule has 0 saturated heterocycles. The van der Waals surface area contributed by atoms with E-state index in [0.717, 1.165) is 77.0 Å². The van der Waals surface area contributed by atoms with E-state index in [2.05, 4.69) is 76.3 Å². The van der Waals surface area contributed by atoms with Gasteiger partial charge in [0, 0.05) is 23.9 Å². The van der Waals surface area contributed by atoms with Gasteiger partial charge in [-0.1, -0.05) is 230 Å². The molecule has 0 amide bonds. The molecule has 73 heavy (non-hydrogen) atoms. The summed E-state index contributed by atoms with van der Waals surface area (Å²) in [6.45, 7) is 8.96. The molecule has 0 aromatic heterocycles. The van der Waals surface area contributed by atoms with E-state index in [1.54, 1.807) is 0 Å². The second-order valence-electron chi connectivity index (χ2n) is 20.0. The molecule has 0 aliphatic rings. The fourth-order valence-electron chi connectivity index (χ4n) is 7.95. The van der Waals surface area contributed by atoms with E-state index >= 15 is 0 Å². The third-order valence-corrected chi connectivity index (χ3v) is 12.6. The Kier molecular flexibility index (Phi) is 82.7. The van der Waals surface area contributed by atoms with E-state index < -0.39 is 23.9 Å². The minimum atomic E-state index is -0.916. The quantitative estimate of drug-likeness (QED) is 0.0330. The van der Waals surface area contributed by atoms with Crippen molar-refractivity contribution in [3.05, 3.63) is 48.6 Å². The number of unbranched alkanes of at least 4 members (excludes halogenated alkanes) is 36. The van der Waals surface area contributed by atoms with Crippen molar-refractivity contribution in [1.82, 2.24) is 0 Å². The SMILES string of the molecule is CCCCCC/C=C\CCCCCCCC(=O)[O-].CCCCCC/C=C\CCCCCCCC(=O)[O-].CCCCCC/C=C\CCCCCCCC(=O)[O-].CCCCCC/C=C\CCCCCCCC(=O)[O-].[Mo+4]. The maximum atomic E-state index is 10.2. The molecular formula is C64H116MoO8. The van der Waals surface area contributed by atoms with E-state index in [-0.39, 0.29) is 46.7 Å². The Morgan fingerprint density at radius 3 is 0.479 bits per heavy atom. The summed E-state index contributed by atoms with van der Waals surface area (Å²) in [5, 5.41) is 40.7. The third-order valence-electron chi connectivity index (χ3n) is 12.6. The van der Waals surface area contributed by atoms with Gasteiger partial charge in [-0.05, 0) is 154 Å². The van der Waals surface area contributed by atoms with Gasteiger partial charge in [0.25, 0.3) is 0 Å². The molecule has 0 radical (unpaired) electrons. The molecule has 0 aromatic carbocycles. The Balaban J connectivity index is -0.000000280. The van der Waals surface area contributed by atoms with Crippen molar-refractivity contribution in [2.45, 2.75) is 336 Å². The van der Waals surface area contributed by atoms with Gasteiger partial charge in [0.15, 0.2) is 0 Å². The first-order chi connectivity index (χ1) is 35.1. The minimum absolute atomic E-state index is 0. The van der Waals surface area contributed by atoms with Crippen LogP contribution in [-0.2, 0) is 40.2 Å². The van der Waals surface area contributed by atoms with Gasteiger partial charge < -0.3 is 39.6 Å². The van der Waals surface area contributed by atoms with Crippen LogP contribution in [0.4, 0.5) is 0 Å². The standard InChI is InChI=1S/4C16H30O2.Mo/c4*1-2-3-4-5-6-7-8-9-10-11-12-13-14-15-16(17)18;/h4*7-8H,2-6,9-15H2,1H3,(H,17,18);/q;;;;+4/p-4/b4*8-7-;. The maximum Gasteiger partial charge on any atom is 4.00 e. The van der Waals surface area contributed by atoms with Gasteiger partial charge in [0.2, 0.25) is 0 Å². The van der Waals surface area contributed by atoms with Crippen LogP contribution in [0, 0.1) is 0 Å². The second-order valence-corrected chi connectivity index (χ2v) is 20.0. The van der Waals surface area contributed by atoms with Crippen molar-refractivity contribution >= 4 is 23.9 Å². The van der Waals surface area contributed by atoms with Crippen LogP contribution in [0.3, 0.4) is 0 Å². The summed E-state index contributed by atoms with van der Waals surface area (Å²) in [5.41, 5.74) is 0. The first kappa shape index (κ1) is 79.4. The summed E-state index contributed by atoms with van der Waals surface area (Å²) in [6, 6.07) is 0. The Morgan fingerprint density at radius 1 is 0.219 bits per heavy atom. The number of aliphatic carboxylic acids is 4. The molecule has 0 bridgehead atoms. The molecule has 0 aliphatic carbocycles. The zero-order chi connectivity index (χ0) is 53.9. The van der Waals surface area contributed by atoms with E-state index in [1.807, 2.05) is 0 Å². The smallest absolute Gasteiger partial charge is 0.550 e. The van der Waals surface area contributed by atoms with Crippen molar-refractivity contribution in [3.8, 4) is 0 Å². The Hall–Kier alpha value is -2.47. The van der Waals surface area contributed by atoms with Crippen LogP contribution in [-0.4, -0.2) is 23.9 Å². The van der Waals surface area contributed by atoms with Crippen molar-refractivity contribution in [2.24, 2.45) is 0 Å². The van der Waals surface area contributed by atoms with E-state index in [4.69, 9.17) is 0 Å². The molecule has 0 unspecified atom stereocenters. The summed E-state index contributed by atoms with van der Waals surface area (Å²) in [4.78, 5) is 40.7. The largest absolute Gasteiger partial charge is 4.00 e. The molecule has 426 valence electrons. The monoisotopic (exact) mass is 1110 g/mol. The topological polar surface area (TPSA) is 161 Å². The average Bonchev–Trinajstić information content (AvgIpc) is 3.35. The normalized spacial score (nSPS) is 11.0. The van der Waals surface area contributed by atoms with Crippen LogP contribution < -0.4 is 20.4 Å². The van der Waals surface area contributed by atoms with Crippen LogP contribution in [0.5, 0.6) is 0 Å². The molecular weight excluding hydrogens is 993 g/mol. The average molecular weight is 1110 g/mol. The summed E-state index contributed by atoms with van der Waals surface area (Å²) >= 11 is 0. The van der Waals surface area contributed by atoms with Gasteiger partial charge in [-0.15, -0.1) is 0 Å². The van der Waals surface area contributed by atoms with Crippen LogP contribution >= 0.6 is 0 Å². The fraction of sp³-hybridized carbons (Fsp3) is 0.812. The van der Waals surface area contributed by atoms with Gasteiger partial charge in [0.1, 0.15) is 0 Å². The second kappa shape index (κ2) is 76.0. The predicted octanol–water partition coefficient (Wildman–Crippen LogP) is 16.0. The molecule has 0 aliphatic heterocycles. The van der Waals surface area contributed by atoms with Crippen LogP contribution in [0.25, 0.3) is 0 Å². The Labute approximate surface area is 466 Å². The predicted molar refractivity (Wildman–Crippen MR) is 301 cm³/mol. The van der Waals surface area contributed by atoms with Crippen LogP contribution in [0.2, 0.25) is 0 Å². The van der Waals surface area contributed by atoms with Crippen LogP contribution in [0.15, 0.2) is 48.6 Å². The molecule has 0 N–H and O–H groups in total. The molecule has 0 fully saturated rings. The first-order valence-corrected chi connectivity index (χ1v) is 30.5. The summed E-state index contributed by atoms with van der Waals surface area (Å²) in [5.74, 6) is -3.66. The molecule has 0 saturated carbocycles. The van der Waals surface area contributed by atoms with E-state index in [1.165, 1.54) is 205 Å². The number of hydrogen-bond donors (Lipinski definition) is 0. The van der Waals surface area contributed by atoms with Gasteiger partial charge >= 0.3 is 21.1 Å². The van der Waals surface area contributed by atoms with E-state index in [9.17, 15) is 39.6 Å². The minimum Gasteiger partial charge on any atom is -0.550 e. The summed E-state index contributed by atoms with van der Waals surface area (Å²) in [6.07, 6.45) is 71.9. The number of allylic oxidation sites excluding steroid dienone is 8. The van der Waals surface area contributed by atoms with Gasteiger partial charge in [0.05, 0.1) is 0 Å². The third kappa shape index (κ3) is 95.8. The van der Waals surface area contributed by atoms with Crippen molar-refractivity contribution in [3.63, 3.8) is 0 Å². The molecule has 0 heterocycles. The number of carbonyl (C=O) groups excluding carboxylic acids is 4.